The van der Waals surface area contributed by atoms with Crippen molar-refractivity contribution in [1.82, 2.24) is 9.80 Å². The molecule has 0 radical (unpaired) electrons. The van der Waals surface area contributed by atoms with E-state index in [1.165, 1.54) is 6.07 Å². The van der Waals surface area contributed by atoms with Crippen molar-refractivity contribution in [3.8, 4) is 16.9 Å². The van der Waals surface area contributed by atoms with Crippen LogP contribution in [0.25, 0.3) is 21.9 Å². The molecule has 6 nitrogen and oxygen atoms in total. The zero-order chi connectivity index (χ0) is 25.3. The largest absolute Gasteiger partial charge is 0.497 e. The molecule has 37 heavy (non-hydrogen) atoms. The fourth-order valence-corrected chi connectivity index (χ4v) is 5.60. The van der Waals surface area contributed by atoms with Crippen molar-refractivity contribution in [2.75, 3.05) is 26.7 Å². The predicted molar refractivity (Wildman–Crippen MR) is 139 cm³/mol. The van der Waals surface area contributed by atoms with Crippen LogP contribution >= 0.6 is 0 Å². The normalized spacial score (nSPS) is 20.4. The van der Waals surface area contributed by atoms with Crippen LogP contribution in [0.2, 0.25) is 0 Å². The van der Waals surface area contributed by atoms with Crippen LogP contribution in [0, 0.1) is 17.7 Å². The number of likely N-dealkylation sites (tertiary alicyclic amines) is 1. The first-order valence-corrected chi connectivity index (χ1v) is 13.0. The summed E-state index contributed by atoms with van der Waals surface area (Å²) in [6.07, 6.45) is 3.41. The van der Waals surface area contributed by atoms with Crippen LogP contribution in [0.15, 0.2) is 59.6 Å². The number of nitrogens with zero attached hydrogens (tertiary/aromatic N) is 3. The van der Waals surface area contributed by atoms with E-state index in [1.54, 1.807) is 18.1 Å². The van der Waals surface area contributed by atoms with Crippen LogP contribution in [0.3, 0.4) is 0 Å². The Morgan fingerprint density at radius 2 is 1.76 bits per heavy atom. The summed E-state index contributed by atoms with van der Waals surface area (Å²) in [6, 6.07) is 17.1. The summed E-state index contributed by atoms with van der Waals surface area (Å²) >= 11 is 0. The molecule has 3 fully saturated rings. The van der Waals surface area contributed by atoms with Crippen molar-refractivity contribution in [3.05, 3.63) is 66.0 Å². The smallest absolute Gasteiger partial charge is 0.256 e. The quantitative estimate of drug-likeness (QED) is 0.498. The van der Waals surface area contributed by atoms with Gasteiger partial charge >= 0.3 is 0 Å². The number of halogens is 1. The van der Waals surface area contributed by atoms with E-state index in [0.717, 1.165) is 40.5 Å². The summed E-state index contributed by atoms with van der Waals surface area (Å²) in [7, 11) is 1.64. The van der Waals surface area contributed by atoms with Gasteiger partial charge in [-0.3, -0.25) is 19.5 Å². The minimum Gasteiger partial charge on any atom is -0.497 e. The lowest BCUT2D eigenvalue weighted by Crippen LogP contribution is -2.55. The van der Waals surface area contributed by atoms with Gasteiger partial charge in [-0.05, 0) is 77.9 Å². The highest BCUT2D eigenvalue weighted by Crippen LogP contribution is 2.46. The first-order valence-electron chi connectivity index (χ1n) is 13.0. The first-order chi connectivity index (χ1) is 17.9. The van der Waals surface area contributed by atoms with Crippen molar-refractivity contribution < 1.29 is 18.7 Å². The summed E-state index contributed by atoms with van der Waals surface area (Å²) < 4.78 is 20.9. The molecule has 0 atom stereocenters. The highest BCUT2D eigenvalue weighted by Gasteiger charge is 2.58. The minimum absolute atomic E-state index is 0.0265. The number of fused-ring (bicyclic) bond motifs is 1. The van der Waals surface area contributed by atoms with E-state index >= 15 is 4.39 Å². The maximum Gasteiger partial charge on any atom is 0.256 e. The zero-order valence-electron chi connectivity index (χ0n) is 20.7. The van der Waals surface area contributed by atoms with E-state index in [1.807, 2.05) is 47.4 Å². The molecule has 2 heterocycles. The van der Waals surface area contributed by atoms with Gasteiger partial charge in [-0.15, -0.1) is 0 Å². The second-order valence-electron chi connectivity index (χ2n) is 10.9. The maximum absolute atomic E-state index is 15.6. The summed E-state index contributed by atoms with van der Waals surface area (Å²) in [5.74, 6) is 1.43. The van der Waals surface area contributed by atoms with Crippen molar-refractivity contribution in [1.29, 1.82) is 0 Å². The van der Waals surface area contributed by atoms with Gasteiger partial charge in [0, 0.05) is 31.5 Å². The molecule has 2 amide bonds. The van der Waals surface area contributed by atoms with E-state index in [9.17, 15) is 9.59 Å². The molecule has 0 unspecified atom stereocenters. The molecule has 2 aliphatic heterocycles. The van der Waals surface area contributed by atoms with Gasteiger partial charge in [0.25, 0.3) is 5.91 Å². The van der Waals surface area contributed by atoms with Gasteiger partial charge in [-0.2, -0.15) is 0 Å². The fourth-order valence-electron chi connectivity index (χ4n) is 5.60. The number of hydrogen-bond donors (Lipinski definition) is 0. The summed E-state index contributed by atoms with van der Waals surface area (Å²) in [5.41, 5.74) is 1.32. The van der Waals surface area contributed by atoms with Gasteiger partial charge in [0.2, 0.25) is 5.91 Å². The van der Waals surface area contributed by atoms with Crippen molar-refractivity contribution in [3.63, 3.8) is 0 Å². The van der Waals surface area contributed by atoms with Gasteiger partial charge in [0.05, 0.1) is 12.7 Å². The third kappa shape index (κ3) is 3.79. The Morgan fingerprint density at radius 3 is 2.46 bits per heavy atom. The number of aliphatic imine (C=N–C) groups is 1. The second kappa shape index (κ2) is 8.13. The van der Waals surface area contributed by atoms with Gasteiger partial charge in [-0.1, -0.05) is 24.3 Å². The van der Waals surface area contributed by atoms with Crippen LogP contribution in [0.4, 0.5) is 4.39 Å². The zero-order valence-corrected chi connectivity index (χ0v) is 20.7. The molecule has 3 aromatic rings. The number of ether oxygens (including phenoxy) is 1. The molecule has 7 rings (SSSR count). The SMILES string of the molecule is COc1ccc2ccc(-c3ccc(C4=NC5(CC5)C(=O)N4CC4CN(C(=O)C5CC5)C4)c(F)c3)cc2c1. The molecule has 4 aliphatic rings. The number of rotatable bonds is 6. The van der Waals surface area contributed by atoms with Crippen LogP contribution in [-0.2, 0) is 9.59 Å². The molecule has 2 saturated carbocycles. The molecular weight excluding hydrogens is 469 g/mol. The third-order valence-electron chi connectivity index (χ3n) is 8.17. The maximum atomic E-state index is 15.6. The van der Waals surface area contributed by atoms with Gasteiger partial charge in [-0.25, -0.2) is 4.39 Å². The fraction of sp³-hybridized carbons (Fsp3) is 0.367. The van der Waals surface area contributed by atoms with E-state index in [0.29, 0.717) is 43.9 Å². The molecule has 0 bridgehead atoms. The van der Waals surface area contributed by atoms with E-state index in [2.05, 4.69) is 0 Å². The average molecular weight is 498 g/mol. The Bertz CT molecular complexity index is 1480. The Morgan fingerprint density at radius 1 is 1.03 bits per heavy atom. The van der Waals surface area contributed by atoms with Crippen molar-refractivity contribution >= 4 is 28.4 Å². The summed E-state index contributed by atoms with van der Waals surface area (Å²) in [5, 5.41) is 2.10. The van der Waals surface area contributed by atoms with E-state index < -0.39 is 11.4 Å². The molecule has 7 heteroatoms. The second-order valence-corrected chi connectivity index (χ2v) is 10.9. The van der Waals surface area contributed by atoms with Gasteiger partial charge in [0.1, 0.15) is 22.9 Å². The summed E-state index contributed by atoms with van der Waals surface area (Å²) in [4.78, 5) is 33.9. The molecule has 3 aromatic carbocycles. The molecule has 0 aromatic heterocycles. The number of carbonyl (C=O) groups is 2. The molecule has 1 spiro atoms. The Balaban J connectivity index is 1.14. The highest BCUT2D eigenvalue weighted by molar-refractivity contribution is 6.16. The van der Waals surface area contributed by atoms with Crippen LogP contribution in [0.1, 0.15) is 31.2 Å². The van der Waals surface area contributed by atoms with E-state index in [4.69, 9.17) is 9.73 Å². The number of benzene rings is 3. The molecule has 2 aliphatic carbocycles. The molecule has 188 valence electrons. The number of methoxy groups -OCH3 is 1. The third-order valence-corrected chi connectivity index (χ3v) is 8.17. The lowest BCUT2D eigenvalue weighted by Gasteiger charge is -2.41. The highest BCUT2D eigenvalue weighted by atomic mass is 19.1. The van der Waals surface area contributed by atoms with E-state index in [-0.39, 0.29) is 23.7 Å². The lowest BCUT2D eigenvalue weighted by molar-refractivity contribution is -0.139. The van der Waals surface area contributed by atoms with Crippen LogP contribution < -0.4 is 4.74 Å². The van der Waals surface area contributed by atoms with Crippen LogP contribution in [0.5, 0.6) is 5.75 Å². The topological polar surface area (TPSA) is 62.2 Å². The monoisotopic (exact) mass is 497 g/mol. The Labute approximate surface area is 214 Å². The van der Waals surface area contributed by atoms with Gasteiger partial charge in [0.15, 0.2) is 0 Å². The van der Waals surface area contributed by atoms with Gasteiger partial charge < -0.3 is 9.64 Å². The molecule has 0 N–H and O–H groups in total. The first kappa shape index (κ1) is 22.5. The Hall–Kier alpha value is -3.74. The van der Waals surface area contributed by atoms with Crippen molar-refractivity contribution in [2.45, 2.75) is 31.2 Å². The molecular formula is C30H28FN3O3. The number of amides is 2. The molecule has 1 saturated heterocycles. The summed E-state index contributed by atoms with van der Waals surface area (Å²) in [6.45, 7) is 1.79. The lowest BCUT2D eigenvalue weighted by atomic mass is 9.97. The van der Waals surface area contributed by atoms with Crippen LogP contribution in [-0.4, -0.2) is 59.7 Å². The van der Waals surface area contributed by atoms with Crippen molar-refractivity contribution in [2.24, 2.45) is 16.8 Å². The Kier molecular flexibility index (Phi) is 4.94. The average Bonchev–Trinajstić information content (AvgIpc) is 3.81. The number of hydrogen-bond acceptors (Lipinski definition) is 4. The number of amidine groups is 1. The predicted octanol–water partition coefficient (Wildman–Crippen LogP) is 4.64. The minimum atomic E-state index is -0.703. The number of carbonyl (C=O) groups excluding carboxylic acids is 2. The standard InChI is InChI=1S/C30H28FN3O3/c1-37-24-8-6-19-2-5-21(12-23(19)13-24)22-7-9-25(26(31)14-22)27-32-30(10-11-30)29(36)34(27)17-18-15-33(16-18)28(35)20-3-4-20/h2,5-9,12-14,18,20H,3-4,10-11,15-17H2,1H3.